The summed E-state index contributed by atoms with van der Waals surface area (Å²) in [6.07, 6.45) is 5.89. The maximum Gasteiger partial charge on any atom is 0.224 e. The number of nitrogens with zero attached hydrogens (tertiary/aromatic N) is 3. The van der Waals surface area contributed by atoms with Gasteiger partial charge in [-0.25, -0.2) is 17.8 Å². The number of aryl methyl sites for hydroxylation is 1. The number of halogens is 1. The molecule has 0 atom stereocenters. The average Bonchev–Trinajstić information content (AvgIpc) is 3.59. The zero-order valence-corrected chi connectivity index (χ0v) is 24.4. The van der Waals surface area contributed by atoms with Crippen LogP contribution in [0.3, 0.4) is 0 Å². The van der Waals surface area contributed by atoms with E-state index in [0.29, 0.717) is 40.1 Å². The van der Waals surface area contributed by atoms with E-state index in [1.54, 1.807) is 12.4 Å². The Labute approximate surface area is 247 Å². The van der Waals surface area contributed by atoms with Gasteiger partial charge >= 0.3 is 0 Å². The normalized spacial score (nSPS) is 11.8. The summed E-state index contributed by atoms with van der Waals surface area (Å²) in [5.41, 5.74) is 7.69. The van der Waals surface area contributed by atoms with Gasteiger partial charge in [-0.1, -0.05) is 25.1 Å². The van der Waals surface area contributed by atoms with E-state index >= 15 is 0 Å². The molecule has 0 saturated carbocycles. The molecule has 0 radical (unpaired) electrons. The van der Waals surface area contributed by atoms with Crippen molar-refractivity contribution in [2.24, 2.45) is 0 Å². The minimum absolute atomic E-state index is 0.0521. The molecule has 43 heavy (non-hydrogen) atoms. The number of sulfone groups is 1. The van der Waals surface area contributed by atoms with E-state index in [-0.39, 0.29) is 18.1 Å². The number of carbonyl (C=O) groups excluding carboxylic acids is 1. The van der Waals surface area contributed by atoms with Gasteiger partial charge in [0.15, 0.2) is 0 Å². The first-order chi connectivity index (χ1) is 20.7. The topological polar surface area (TPSA) is 133 Å². The summed E-state index contributed by atoms with van der Waals surface area (Å²) in [6.45, 7) is 1.95. The SMILES string of the molecule is CCCC(=O)Nc1cncc(-c2ccc3[nH]nc(-c4cc5c(-c6cc(F)cc(CCS(C)(=O)=O)c6)cccc5[nH]4)c3n2)c1. The molecule has 0 unspecified atom stereocenters. The molecule has 4 heterocycles. The number of amides is 1. The molecule has 218 valence electrons. The van der Waals surface area contributed by atoms with Crippen molar-refractivity contribution in [1.29, 1.82) is 0 Å². The van der Waals surface area contributed by atoms with Crippen molar-refractivity contribution in [1.82, 2.24) is 25.1 Å². The Bertz CT molecular complexity index is 2100. The fraction of sp³-hybridized carbons (Fsp3) is 0.188. The van der Waals surface area contributed by atoms with Gasteiger partial charge in [-0.05, 0) is 72.0 Å². The van der Waals surface area contributed by atoms with E-state index in [0.717, 1.165) is 39.7 Å². The van der Waals surface area contributed by atoms with Gasteiger partial charge in [-0.2, -0.15) is 5.10 Å². The van der Waals surface area contributed by atoms with Gasteiger partial charge in [-0.3, -0.25) is 14.9 Å². The summed E-state index contributed by atoms with van der Waals surface area (Å²) in [7, 11) is -3.18. The third-order valence-electron chi connectivity index (χ3n) is 7.15. The predicted molar refractivity (Wildman–Crippen MR) is 167 cm³/mol. The highest BCUT2D eigenvalue weighted by Crippen LogP contribution is 2.35. The zero-order chi connectivity index (χ0) is 30.1. The molecule has 11 heteroatoms. The number of hydrogen-bond acceptors (Lipinski definition) is 6. The molecule has 1 amide bonds. The Morgan fingerprint density at radius 1 is 1.00 bits per heavy atom. The van der Waals surface area contributed by atoms with Crippen LogP contribution < -0.4 is 5.32 Å². The molecule has 4 aromatic heterocycles. The number of nitrogens with one attached hydrogen (secondary N) is 3. The number of hydrogen-bond donors (Lipinski definition) is 3. The van der Waals surface area contributed by atoms with Crippen LogP contribution in [0, 0.1) is 5.82 Å². The van der Waals surface area contributed by atoms with Gasteiger partial charge in [0.05, 0.1) is 34.5 Å². The second-order valence-corrected chi connectivity index (χ2v) is 12.9. The van der Waals surface area contributed by atoms with E-state index in [1.165, 1.54) is 18.4 Å². The molecule has 0 aliphatic carbocycles. The first-order valence-electron chi connectivity index (χ1n) is 13.9. The Hall–Kier alpha value is -4.90. The van der Waals surface area contributed by atoms with Crippen LogP contribution in [0.4, 0.5) is 10.1 Å². The molecular formula is C32H29FN6O3S. The van der Waals surface area contributed by atoms with Crippen molar-refractivity contribution in [3.05, 3.63) is 84.4 Å². The molecule has 0 fully saturated rings. The lowest BCUT2D eigenvalue weighted by atomic mass is 9.98. The molecule has 9 nitrogen and oxygen atoms in total. The largest absolute Gasteiger partial charge is 0.353 e. The number of benzene rings is 2. The molecule has 0 aliphatic heterocycles. The first-order valence-corrected chi connectivity index (χ1v) is 15.9. The number of pyridine rings is 2. The smallest absolute Gasteiger partial charge is 0.224 e. The van der Waals surface area contributed by atoms with E-state index in [2.05, 4.69) is 25.5 Å². The highest BCUT2D eigenvalue weighted by atomic mass is 32.2. The number of carbonyl (C=O) groups is 1. The summed E-state index contributed by atoms with van der Waals surface area (Å²) < 4.78 is 38.0. The van der Waals surface area contributed by atoms with Crippen molar-refractivity contribution in [2.75, 3.05) is 17.3 Å². The van der Waals surface area contributed by atoms with Crippen molar-refractivity contribution in [3.63, 3.8) is 0 Å². The van der Waals surface area contributed by atoms with Crippen LogP contribution in [-0.4, -0.2) is 51.5 Å². The van der Waals surface area contributed by atoms with Gasteiger partial charge in [0.2, 0.25) is 5.91 Å². The lowest BCUT2D eigenvalue weighted by Crippen LogP contribution is -2.10. The molecule has 0 aliphatic rings. The number of anilines is 1. The highest BCUT2D eigenvalue weighted by Gasteiger charge is 2.17. The van der Waals surface area contributed by atoms with E-state index < -0.39 is 15.7 Å². The maximum atomic E-state index is 14.6. The summed E-state index contributed by atoms with van der Waals surface area (Å²) in [6, 6.07) is 18.0. The zero-order valence-electron chi connectivity index (χ0n) is 23.6. The number of fused-ring (bicyclic) bond motifs is 2. The van der Waals surface area contributed by atoms with Crippen LogP contribution in [0.2, 0.25) is 0 Å². The van der Waals surface area contributed by atoms with Gasteiger partial charge in [-0.15, -0.1) is 0 Å². The molecule has 6 aromatic rings. The first kappa shape index (κ1) is 28.2. The van der Waals surface area contributed by atoms with Crippen molar-refractivity contribution >= 4 is 43.4 Å². The van der Waals surface area contributed by atoms with E-state index in [4.69, 9.17) is 4.98 Å². The summed E-state index contributed by atoms with van der Waals surface area (Å²) >= 11 is 0. The number of rotatable bonds is 9. The van der Waals surface area contributed by atoms with Gasteiger partial charge in [0.25, 0.3) is 0 Å². The lowest BCUT2D eigenvalue weighted by molar-refractivity contribution is -0.116. The maximum absolute atomic E-state index is 14.6. The number of aromatic amines is 2. The van der Waals surface area contributed by atoms with Crippen LogP contribution >= 0.6 is 0 Å². The number of H-pyrrole nitrogens is 2. The van der Waals surface area contributed by atoms with E-state index in [9.17, 15) is 17.6 Å². The van der Waals surface area contributed by atoms with Crippen molar-refractivity contribution < 1.29 is 17.6 Å². The quantitative estimate of drug-likeness (QED) is 0.179. The van der Waals surface area contributed by atoms with Gasteiger partial charge in [0.1, 0.15) is 26.9 Å². The van der Waals surface area contributed by atoms with Crippen LogP contribution in [-0.2, 0) is 21.1 Å². The fourth-order valence-electron chi connectivity index (χ4n) is 5.13. The lowest BCUT2D eigenvalue weighted by Gasteiger charge is -2.08. The Balaban J connectivity index is 1.37. The molecule has 3 N–H and O–H groups in total. The minimum Gasteiger partial charge on any atom is -0.353 e. The van der Waals surface area contributed by atoms with Crippen molar-refractivity contribution in [2.45, 2.75) is 26.2 Å². The Morgan fingerprint density at radius 2 is 1.86 bits per heavy atom. The molecule has 6 rings (SSSR count). The predicted octanol–water partition coefficient (Wildman–Crippen LogP) is 6.30. The third kappa shape index (κ3) is 6.17. The highest BCUT2D eigenvalue weighted by molar-refractivity contribution is 7.90. The average molecular weight is 597 g/mol. The molecule has 0 spiro atoms. The van der Waals surface area contributed by atoms with Crippen LogP contribution in [0.1, 0.15) is 25.3 Å². The molecular weight excluding hydrogens is 567 g/mol. The number of aromatic nitrogens is 5. The van der Waals surface area contributed by atoms with Gasteiger partial charge in [0, 0.05) is 35.3 Å². The van der Waals surface area contributed by atoms with Crippen LogP contribution in [0.5, 0.6) is 0 Å². The van der Waals surface area contributed by atoms with E-state index in [1.807, 2.05) is 55.5 Å². The third-order valence-corrected chi connectivity index (χ3v) is 8.10. The second-order valence-electron chi connectivity index (χ2n) is 10.6. The second kappa shape index (κ2) is 11.4. The Morgan fingerprint density at radius 3 is 2.67 bits per heavy atom. The fourth-order valence-corrected chi connectivity index (χ4v) is 5.74. The summed E-state index contributed by atoms with van der Waals surface area (Å²) in [4.78, 5) is 24.7. The summed E-state index contributed by atoms with van der Waals surface area (Å²) in [5.74, 6) is -0.542. The monoisotopic (exact) mass is 596 g/mol. The summed E-state index contributed by atoms with van der Waals surface area (Å²) in [5, 5.41) is 11.3. The molecule has 0 bridgehead atoms. The standard InChI is InChI=1S/C32H29FN6O3S/c1-3-5-30(40)35-23-15-21(17-34-18-23)26-8-9-28-31(37-26)32(39-38-28)29-16-25-24(6-4-7-27(25)36-29)20-12-19(13-22(33)14-20)10-11-43(2,41)42/h4,6-9,12-18,36H,3,5,10-11H2,1-2H3,(H,35,40)(H,38,39). The van der Waals surface area contributed by atoms with Gasteiger partial charge < -0.3 is 10.3 Å². The Kier molecular flexibility index (Phi) is 7.49. The minimum atomic E-state index is -3.18. The molecule has 0 saturated heterocycles. The van der Waals surface area contributed by atoms with Crippen LogP contribution in [0.25, 0.3) is 55.7 Å². The van der Waals surface area contributed by atoms with Crippen molar-refractivity contribution in [3.8, 4) is 33.8 Å². The molecule has 2 aromatic carbocycles. The van der Waals surface area contributed by atoms with Crippen LogP contribution in [0.15, 0.2) is 73.1 Å².